The van der Waals surface area contributed by atoms with E-state index in [1.165, 1.54) is 39.5 Å². The summed E-state index contributed by atoms with van der Waals surface area (Å²) in [6, 6.07) is 10.6. The summed E-state index contributed by atoms with van der Waals surface area (Å²) in [7, 11) is 3.01. The van der Waals surface area contributed by atoms with Gasteiger partial charge in [0, 0.05) is 30.6 Å². The third-order valence-electron chi connectivity index (χ3n) is 6.34. The highest BCUT2D eigenvalue weighted by molar-refractivity contribution is 6.35. The Morgan fingerprint density at radius 1 is 1.00 bits per heavy atom. The average Bonchev–Trinajstić information content (AvgIpc) is 3.74. The molecule has 1 N–H and O–H groups in total. The van der Waals surface area contributed by atoms with Crippen molar-refractivity contribution in [2.75, 3.05) is 26.1 Å². The van der Waals surface area contributed by atoms with Crippen molar-refractivity contribution in [1.29, 1.82) is 0 Å². The Hall–Kier alpha value is -3.49. The SMILES string of the molecule is COc1ccc(NC(=O)CC(=O)O[C@@H](Cc2c(Cl)cncc2Cl)c2ccc(C)c(OCC3CC3)c2)cc1OC. The molecule has 1 amide bonds. The molecule has 1 saturated carbocycles. The van der Waals surface area contributed by atoms with Crippen molar-refractivity contribution in [3.63, 3.8) is 0 Å². The van der Waals surface area contributed by atoms with Crippen LogP contribution in [0.15, 0.2) is 48.8 Å². The highest BCUT2D eigenvalue weighted by atomic mass is 35.5. The molecule has 1 aromatic heterocycles. The van der Waals surface area contributed by atoms with E-state index >= 15 is 0 Å². The number of pyridine rings is 1. The van der Waals surface area contributed by atoms with E-state index in [0.717, 1.165) is 11.3 Å². The molecule has 1 atom stereocenters. The molecule has 1 fully saturated rings. The molecule has 206 valence electrons. The predicted molar refractivity (Wildman–Crippen MR) is 149 cm³/mol. The van der Waals surface area contributed by atoms with Crippen molar-refractivity contribution in [3.05, 3.63) is 75.5 Å². The van der Waals surface area contributed by atoms with Crippen molar-refractivity contribution < 1.29 is 28.5 Å². The zero-order chi connectivity index (χ0) is 27.9. The second-order valence-corrected chi connectivity index (χ2v) is 10.2. The number of ether oxygens (including phenoxy) is 4. The molecule has 1 aliphatic carbocycles. The van der Waals surface area contributed by atoms with Crippen LogP contribution in [-0.2, 0) is 20.7 Å². The summed E-state index contributed by atoms with van der Waals surface area (Å²) in [6.45, 7) is 2.61. The standard InChI is InChI=1S/C29H30Cl2N2O6/c1-17-4-7-19(10-25(17)38-16-18-5-6-18)26(12-21-22(30)14-32-15-23(21)31)39-29(35)13-28(34)33-20-8-9-24(36-2)27(11-20)37-3/h4,7-11,14-15,18,26H,5-6,12-13,16H2,1-3H3,(H,33,34)/t26-/m0/s1. The Morgan fingerprint density at radius 3 is 2.38 bits per heavy atom. The van der Waals surface area contributed by atoms with E-state index in [4.69, 9.17) is 42.1 Å². The molecule has 8 nitrogen and oxygen atoms in total. The largest absolute Gasteiger partial charge is 0.493 e. The van der Waals surface area contributed by atoms with Gasteiger partial charge in [0.15, 0.2) is 11.5 Å². The second-order valence-electron chi connectivity index (χ2n) is 9.34. The van der Waals surface area contributed by atoms with Gasteiger partial charge in [0.2, 0.25) is 5.91 Å². The first-order valence-electron chi connectivity index (χ1n) is 12.5. The van der Waals surface area contributed by atoms with Crippen molar-refractivity contribution in [2.45, 2.75) is 38.7 Å². The number of anilines is 1. The van der Waals surface area contributed by atoms with Gasteiger partial charge in [-0.2, -0.15) is 0 Å². The van der Waals surface area contributed by atoms with Crippen LogP contribution in [0.4, 0.5) is 5.69 Å². The molecule has 4 rings (SSSR count). The lowest BCUT2D eigenvalue weighted by atomic mass is 10.00. The van der Waals surface area contributed by atoms with Crippen molar-refractivity contribution in [3.8, 4) is 17.2 Å². The van der Waals surface area contributed by atoms with Gasteiger partial charge in [-0.25, -0.2) is 0 Å². The van der Waals surface area contributed by atoms with Gasteiger partial charge in [-0.15, -0.1) is 0 Å². The zero-order valence-corrected chi connectivity index (χ0v) is 23.5. The molecule has 2 aromatic carbocycles. The second kappa shape index (κ2) is 13.0. The number of nitrogens with one attached hydrogen (secondary N) is 1. The Morgan fingerprint density at radius 2 is 1.72 bits per heavy atom. The summed E-state index contributed by atoms with van der Waals surface area (Å²) in [5, 5.41) is 3.39. The molecule has 0 aliphatic heterocycles. The minimum absolute atomic E-state index is 0.189. The first-order valence-corrected chi connectivity index (χ1v) is 13.3. The van der Waals surface area contributed by atoms with Crippen LogP contribution in [0.3, 0.4) is 0 Å². The minimum Gasteiger partial charge on any atom is -0.493 e. The summed E-state index contributed by atoms with van der Waals surface area (Å²) < 4.78 is 22.3. The molecule has 0 spiro atoms. The fourth-order valence-corrected chi connectivity index (χ4v) is 4.48. The third-order valence-corrected chi connectivity index (χ3v) is 6.99. The Bertz CT molecular complexity index is 1330. The van der Waals surface area contributed by atoms with E-state index in [-0.39, 0.29) is 6.42 Å². The number of hydrogen-bond donors (Lipinski definition) is 1. The summed E-state index contributed by atoms with van der Waals surface area (Å²) in [5.74, 6) is 1.02. The molecule has 1 aliphatic rings. The van der Waals surface area contributed by atoms with Gasteiger partial charge in [0.05, 0.1) is 30.9 Å². The molecule has 0 bridgehead atoms. The van der Waals surface area contributed by atoms with Crippen molar-refractivity contribution in [2.24, 2.45) is 5.92 Å². The summed E-state index contributed by atoms with van der Waals surface area (Å²) in [4.78, 5) is 29.6. The maximum atomic E-state index is 12.9. The number of halogens is 2. The van der Waals surface area contributed by atoms with Crippen molar-refractivity contribution >= 4 is 40.8 Å². The van der Waals surface area contributed by atoms with Gasteiger partial charge >= 0.3 is 5.97 Å². The third kappa shape index (κ3) is 7.77. The fourth-order valence-electron chi connectivity index (χ4n) is 3.96. The average molecular weight is 573 g/mol. The minimum atomic E-state index is -0.771. The van der Waals surface area contributed by atoms with Crippen LogP contribution in [0.2, 0.25) is 10.0 Å². The molecule has 0 saturated heterocycles. The molecule has 10 heteroatoms. The zero-order valence-electron chi connectivity index (χ0n) is 22.0. The van der Waals surface area contributed by atoms with E-state index in [2.05, 4.69) is 10.3 Å². The number of amides is 1. The number of aromatic nitrogens is 1. The number of methoxy groups -OCH3 is 2. The number of nitrogens with zero attached hydrogens (tertiary/aromatic N) is 1. The molecule has 3 aromatic rings. The van der Waals surface area contributed by atoms with E-state index in [1.54, 1.807) is 18.2 Å². The smallest absolute Gasteiger partial charge is 0.315 e. The first kappa shape index (κ1) is 28.5. The monoisotopic (exact) mass is 572 g/mol. The quantitative estimate of drug-likeness (QED) is 0.199. The van der Waals surface area contributed by atoms with Gasteiger partial charge in [-0.05, 0) is 60.6 Å². The number of benzene rings is 2. The predicted octanol–water partition coefficient (Wildman–Crippen LogP) is 6.36. The summed E-state index contributed by atoms with van der Waals surface area (Å²) >= 11 is 12.7. The summed E-state index contributed by atoms with van der Waals surface area (Å²) in [5.41, 5.74) is 2.71. The van der Waals surface area contributed by atoms with Gasteiger partial charge < -0.3 is 24.3 Å². The van der Waals surface area contributed by atoms with Crippen LogP contribution in [0.25, 0.3) is 0 Å². The van der Waals surface area contributed by atoms with Gasteiger partial charge in [-0.1, -0.05) is 35.3 Å². The van der Waals surface area contributed by atoms with E-state index < -0.39 is 24.4 Å². The van der Waals surface area contributed by atoms with E-state index in [9.17, 15) is 9.59 Å². The number of carbonyl (C=O) groups is 2. The Labute approximate surface area is 237 Å². The van der Waals surface area contributed by atoms with Crippen LogP contribution in [0, 0.1) is 12.8 Å². The highest BCUT2D eigenvalue weighted by Gasteiger charge is 2.25. The van der Waals surface area contributed by atoms with Crippen LogP contribution in [-0.4, -0.2) is 37.7 Å². The number of carbonyl (C=O) groups excluding carboxylic acids is 2. The van der Waals surface area contributed by atoms with E-state index in [1.807, 2.05) is 25.1 Å². The lowest BCUT2D eigenvalue weighted by Crippen LogP contribution is -2.21. The maximum Gasteiger partial charge on any atom is 0.315 e. The maximum absolute atomic E-state index is 12.9. The Balaban J connectivity index is 1.50. The molecule has 39 heavy (non-hydrogen) atoms. The topological polar surface area (TPSA) is 96.0 Å². The van der Waals surface area contributed by atoms with E-state index in [0.29, 0.717) is 50.9 Å². The van der Waals surface area contributed by atoms with Crippen molar-refractivity contribution in [1.82, 2.24) is 4.98 Å². The number of hydrogen-bond acceptors (Lipinski definition) is 7. The first-order chi connectivity index (χ1) is 18.8. The van der Waals surface area contributed by atoms with Gasteiger partial charge in [0.1, 0.15) is 18.3 Å². The number of rotatable bonds is 12. The molecule has 0 unspecified atom stereocenters. The molecular formula is C29H30Cl2N2O6. The molecule has 1 heterocycles. The number of esters is 1. The lowest BCUT2D eigenvalue weighted by Gasteiger charge is -2.21. The molecular weight excluding hydrogens is 543 g/mol. The number of aryl methyl sites for hydroxylation is 1. The van der Waals surface area contributed by atoms with Crippen LogP contribution < -0.4 is 19.5 Å². The van der Waals surface area contributed by atoms with Gasteiger partial charge in [0.25, 0.3) is 0 Å². The van der Waals surface area contributed by atoms with Crippen LogP contribution in [0.5, 0.6) is 17.2 Å². The molecule has 0 radical (unpaired) electrons. The van der Waals surface area contributed by atoms with Crippen LogP contribution >= 0.6 is 23.2 Å². The van der Waals surface area contributed by atoms with Crippen LogP contribution in [0.1, 0.15) is 42.1 Å². The lowest BCUT2D eigenvalue weighted by molar-refractivity contribution is -0.150. The highest BCUT2D eigenvalue weighted by Crippen LogP contribution is 2.35. The van der Waals surface area contributed by atoms with Gasteiger partial charge in [-0.3, -0.25) is 14.6 Å². The normalized spacial score (nSPS) is 13.4. The fraction of sp³-hybridized carbons (Fsp3) is 0.345. The summed E-state index contributed by atoms with van der Waals surface area (Å²) in [6.07, 6.45) is 4.23. The Kier molecular flexibility index (Phi) is 9.54.